The molecule has 2 N–H and O–H groups in total. The Morgan fingerprint density at radius 2 is 2.14 bits per heavy atom. The molecular formula is C10H14BrNO2. The third kappa shape index (κ3) is 2.97. The Balaban J connectivity index is 2.71. The zero-order valence-electron chi connectivity index (χ0n) is 8.07. The smallest absolute Gasteiger partial charge is 0.134 e. The van der Waals surface area contributed by atoms with Gasteiger partial charge in [0.2, 0.25) is 0 Å². The number of halogens is 1. The Labute approximate surface area is 92.1 Å². The molecule has 0 aliphatic rings. The first-order valence-corrected chi connectivity index (χ1v) is 5.20. The lowest BCUT2D eigenvalue weighted by molar-refractivity contribution is 0.216. The predicted molar refractivity (Wildman–Crippen MR) is 59.2 cm³/mol. The van der Waals surface area contributed by atoms with Crippen molar-refractivity contribution in [3.05, 3.63) is 28.2 Å². The third-order valence-electron chi connectivity index (χ3n) is 1.99. The number of hydrogen-bond acceptors (Lipinski definition) is 3. The maximum Gasteiger partial charge on any atom is 0.134 e. The van der Waals surface area contributed by atoms with Crippen molar-refractivity contribution in [1.82, 2.24) is 4.90 Å². The van der Waals surface area contributed by atoms with Crippen LogP contribution in [0, 0.1) is 0 Å². The summed E-state index contributed by atoms with van der Waals surface area (Å²) >= 11 is 3.26. The lowest BCUT2D eigenvalue weighted by Crippen LogP contribution is -2.21. The minimum absolute atomic E-state index is 0.130. The highest BCUT2D eigenvalue weighted by Crippen LogP contribution is 2.27. The second kappa shape index (κ2) is 5.34. The molecule has 0 fully saturated rings. The van der Waals surface area contributed by atoms with Gasteiger partial charge in [0.1, 0.15) is 5.75 Å². The van der Waals surface area contributed by atoms with E-state index < -0.39 is 0 Å². The molecule has 0 aliphatic heterocycles. The maximum absolute atomic E-state index is 9.68. The van der Waals surface area contributed by atoms with Gasteiger partial charge in [-0.25, -0.2) is 0 Å². The number of hydrogen-bond donors (Lipinski definition) is 2. The quantitative estimate of drug-likeness (QED) is 0.863. The largest absolute Gasteiger partial charge is 0.506 e. The van der Waals surface area contributed by atoms with Crippen LogP contribution in [0.4, 0.5) is 0 Å². The van der Waals surface area contributed by atoms with Gasteiger partial charge >= 0.3 is 0 Å². The van der Waals surface area contributed by atoms with E-state index in [1.165, 1.54) is 0 Å². The summed E-state index contributed by atoms with van der Waals surface area (Å²) in [5.74, 6) is 0.275. The summed E-state index contributed by atoms with van der Waals surface area (Å²) in [6.45, 7) is 1.36. The molecule has 1 aromatic carbocycles. The first kappa shape index (κ1) is 11.5. The van der Waals surface area contributed by atoms with E-state index in [-0.39, 0.29) is 12.4 Å². The van der Waals surface area contributed by atoms with Crippen molar-refractivity contribution in [3.63, 3.8) is 0 Å². The fraction of sp³-hybridized carbons (Fsp3) is 0.400. The van der Waals surface area contributed by atoms with E-state index in [1.807, 2.05) is 24.1 Å². The van der Waals surface area contributed by atoms with Gasteiger partial charge in [0, 0.05) is 18.7 Å². The summed E-state index contributed by atoms with van der Waals surface area (Å²) in [5.41, 5.74) is 0.857. The van der Waals surface area contributed by atoms with Crippen LogP contribution in [-0.4, -0.2) is 35.3 Å². The molecule has 1 rings (SSSR count). The molecule has 3 nitrogen and oxygen atoms in total. The Bertz CT molecular complexity index is 304. The second-order valence-electron chi connectivity index (χ2n) is 3.21. The molecule has 0 heterocycles. The summed E-state index contributed by atoms with van der Waals surface area (Å²) in [6, 6.07) is 5.55. The number of likely N-dealkylation sites (N-methyl/N-ethyl adjacent to an activating group) is 1. The number of para-hydroxylation sites is 1. The van der Waals surface area contributed by atoms with Crippen LogP contribution >= 0.6 is 15.9 Å². The molecule has 0 saturated carbocycles. The van der Waals surface area contributed by atoms with Gasteiger partial charge in [-0.15, -0.1) is 0 Å². The van der Waals surface area contributed by atoms with Gasteiger partial charge in [-0.2, -0.15) is 0 Å². The minimum atomic E-state index is 0.130. The molecule has 78 valence electrons. The summed E-state index contributed by atoms with van der Waals surface area (Å²) in [6.07, 6.45) is 0. The average Bonchev–Trinajstić information content (AvgIpc) is 2.13. The van der Waals surface area contributed by atoms with E-state index in [4.69, 9.17) is 5.11 Å². The Kier molecular flexibility index (Phi) is 4.38. The van der Waals surface area contributed by atoms with Gasteiger partial charge in [-0.3, -0.25) is 4.90 Å². The zero-order valence-corrected chi connectivity index (χ0v) is 9.66. The molecule has 1 aromatic rings. The Morgan fingerprint density at radius 1 is 1.43 bits per heavy atom. The highest BCUT2D eigenvalue weighted by atomic mass is 79.9. The number of benzene rings is 1. The number of phenols is 1. The van der Waals surface area contributed by atoms with E-state index in [9.17, 15) is 5.11 Å². The molecule has 0 radical (unpaired) electrons. The Morgan fingerprint density at radius 3 is 2.79 bits per heavy atom. The van der Waals surface area contributed by atoms with Crippen LogP contribution < -0.4 is 0 Å². The van der Waals surface area contributed by atoms with Gasteiger partial charge < -0.3 is 10.2 Å². The van der Waals surface area contributed by atoms with Crippen molar-refractivity contribution in [1.29, 1.82) is 0 Å². The van der Waals surface area contributed by atoms with Gasteiger partial charge in [0.15, 0.2) is 0 Å². The first-order valence-electron chi connectivity index (χ1n) is 4.41. The third-order valence-corrected chi connectivity index (χ3v) is 2.63. The van der Waals surface area contributed by atoms with Crippen LogP contribution in [0.25, 0.3) is 0 Å². The van der Waals surface area contributed by atoms with E-state index >= 15 is 0 Å². The normalized spacial score (nSPS) is 10.9. The average molecular weight is 260 g/mol. The summed E-state index contributed by atoms with van der Waals surface area (Å²) < 4.78 is 0.701. The number of aliphatic hydroxyl groups is 1. The molecule has 4 heteroatoms. The van der Waals surface area contributed by atoms with E-state index in [1.54, 1.807) is 6.07 Å². The Hall–Kier alpha value is -0.580. The van der Waals surface area contributed by atoms with Crippen molar-refractivity contribution in [2.45, 2.75) is 6.54 Å². The second-order valence-corrected chi connectivity index (χ2v) is 4.06. The first-order chi connectivity index (χ1) is 6.65. The van der Waals surface area contributed by atoms with Crippen LogP contribution in [0.1, 0.15) is 5.56 Å². The molecule has 0 amide bonds. The van der Waals surface area contributed by atoms with Gasteiger partial charge in [-0.1, -0.05) is 12.1 Å². The number of aliphatic hydroxyl groups excluding tert-OH is 1. The van der Waals surface area contributed by atoms with Crippen LogP contribution in [0.2, 0.25) is 0 Å². The van der Waals surface area contributed by atoms with E-state index in [0.29, 0.717) is 17.6 Å². The fourth-order valence-electron chi connectivity index (χ4n) is 1.23. The van der Waals surface area contributed by atoms with E-state index in [2.05, 4.69) is 15.9 Å². The van der Waals surface area contributed by atoms with Crippen LogP contribution in [0.5, 0.6) is 5.75 Å². The monoisotopic (exact) mass is 259 g/mol. The van der Waals surface area contributed by atoms with Crippen LogP contribution in [0.15, 0.2) is 22.7 Å². The summed E-state index contributed by atoms with van der Waals surface area (Å²) in [4.78, 5) is 1.95. The zero-order chi connectivity index (χ0) is 10.6. The molecule has 0 atom stereocenters. The van der Waals surface area contributed by atoms with Crippen molar-refractivity contribution in [2.24, 2.45) is 0 Å². The topological polar surface area (TPSA) is 43.7 Å². The highest BCUT2D eigenvalue weighted by molar-refractivity contribution is 9.10. The van der Waals surface area contributed by atoms with E-state index in [0.717, 1.165) is 5.56 Å². The molecule has 0 unspecified atom stereocenters. The van der Waals surface area contributed by atoms with Crippen molar-refractivity contribution in [2.75, 3.05) is 20.2 Å². The lowest BCUT2D eigenvalue weighted by atomic mass is 10.2. The fourth-order valence-corrected chi connectivity index (χ4v) is 1.64. The number of rotatable bonds is 4. The number of nitrogens with zero attached hydrogens (tertiary/aromatic N) is 1. The lowest BCUT2D eigenvalue weighted by Gasteiger charge is -2.16. The molecule has 14 heavy (non-hydrogen) atoms. The van der Waals surface area contributed by atoms with Gasteiger partial charge in [0.05, 0.1) is 11.1 Å². The molecule has 0 aliphatic carbocycles. The van der Waals surface area contributed by atoms with Crippen molar-refractivity contribution in [3.8, 4) is 5.75 Å². The summed E-state index contributed by atoms with van der Waals surface area (Å²) in [7, 11) is 1.90. The maximum atomic E-state index is 9.68. The van der Waals surface area contributed by atoms with Crippen molar-refractivity contribution >= 4 is 15.9 Å². The molecular weight excluding hydrogens is 246 g/mol. The molecule has 0 saturated heterocycles. The van der Waals surface area contributed by atoms with Gasteiger partial charge in [-0.05, 0) is 29.0 Å². The van der Waals surface area contributed by atoms with Crippen LogP contribution in [-0.2, 0) is 6.54 Å². The molecule has 0 bridgehead atoms. The highest BCUT2D eigenvalue weighted by Gasteiger charge is 2.06. The number of phenolic OH excluding ortho intramolecular Hbond substituents is 1. The SMILES string of the molecule is CN(CCO)Cc1cccc(Br)c1O. The molecule has 0 aromatic heterocycles. The standard InChI is InChI=1S/C10H14BrNO2/c1-12(5-6-13)7-8-3-2-4-9(11)10(8)14/h2-4,13-14H,5-7H2,1H3. The summed E-state index contributed by atoms with van der Waals surface area (Å²) in [5, 5.41) is 18.4. The van der Waals surface area contributed by atoms with Crippen molar-refractivity contribution < 1.29 is 10.2 Å². The number of aromatic hydroxyl groups is 1. The van der Waals surface area contributed by atoms with Gasteiger partial charge in [0.25, 0.3) is 0 Å². The minimum Gasteiger partial charge on any atom is -0.506 e. The predicted octanol–water partition coefficient (Wildman–Crippen LogP) is 1.58. The van der Waals surface area contributed by atoms with Crippen LogP contribution in [0.3, 0.4) is 0 Å². The molecule has 0 spiro atoms.